The maximum absolute atomic E-state index is 9.90. The lowest BCUT2D eigenvalue weighted by atomic mass is 9.94. The lowest BCUT2D eigenvalue weighted by Crippen LogP contribution is -2.29. The van der Waals surface area contributed by atoms with E-state index in [1.807, 2.05) is 0 Å². The van der Waals surface area contributed by atoms with Crippen molar-refractivity contribution in [2.24, 2.45) is 5.73 Å². The fraction of sp³-hybridized carbons (Fsp3) is 0.857. The molecule has 0 radical (unpaired) electrons. The van der Waals surface area contributed by atoms with Gasteiger partial charge < -0.3 is 10.5 Å². The molecule has 0 amide bonds. The second-order valence-corrected chi connectivity index (χ2v) is 2.77. The predicted octanol–water partition coefficient (Wildman–Crippen LogP) is 0.851. The summed E-state index contributed by atoms with van der Waals surface area (Å²) in [4.78, 5) is 9.90. The molecule has 3 nitrogen and oxygen atoms in total. The van der Waals surface area contributed by atoms with Crippen LogP contribution in [0.15, 0.2) is 0 Å². The molecule has 1 saturated carbocycles. The molecular formula is C7H14ClNO2. The second kappa shape index (κ2) is 5.38. The van der Waals surface area contributed by atoms with Crippen molar-refractivity contribution in [3.63, 3.8) is 0 Å². The van der Waals surface area contributed by atoms with Crippen molar-refractivity contribution in [2.75, 3.05) is 0 Å². The van der Waals surface area contributed by atoms with Crippen LogP contribution in [0.5, 0.6) is 0 Å². The van der Waals surface area contributed by atoms with Crippen molar-refractivity contribution in [3.8, 4) is 0 Å². The topological polar surface area (TPSA) is 52.3 Å². The lowest BCUT2D eigenvalue weighted by Gasteiger charge is -2.24. The summed E-state index contributed by atoms with van der Waals surface area (Å²) in [6, 6.07) is 0.325. The van der Waals surface area contributed by atoms with Crippen LogP contribution in [0.2, 0.25) is 0 Å². The highest BCUT2D eigenvalue weighted by Crippen LogP contribution is 2.18. The zero-order chi connectivity index (χ0) is 7.40. The highest BCUT2D eigenvalue weighted by Gasteiger charge is 2.18. The predicted molar refractivity (Wildman–Crippen MR) is 44.6 cm³/mol. The quantitative estimate of drug-likeness (QED) is 0.640. The van der Waals surface area contributed by atoms with Gasteiger partial charge in [-0.1, -0.05) is 0 Å². The van der Waals surface area contributed by atoms with Crippen LogP contribution in [0.3, 0.4) is 0 Å². The van der Waals surface area contributed by atoms with Crippen molar-refractivity contribution in [1.82, 2.24) is 0 Å². The third-order valence-electron chi connectivity index (χ3n) is 1.97. The molecule has 1 rings (SSSR count). The Morgan fingerprint density at radius 3 is 2.27 bits per heavy atom. The first-order valence-corrected chi connectivity index (χ1v) is 3.67. The molecule has 0 heterocycles. The molecule has 66 valence electrons. The van der Waals surface area contributed by atoms with Crippen LogP contribution in [-0.4, -0.2) is 18.6 Å². The van der Waals surface area contributed by atoms with Crippen molar-refractivity contribution < 1.29 is 9.53 Å². The minimum atomic E-state index is 0. The maximum atomic E-state index is 9.90. The number of ether oxygens (including phenoxy) is 1. The van der Waals surface area contributed by atoms with Gasteiger partial charge in [0.25, 0.3) is 6.47 Å². The molecule has 1 fully saturated rings. The third kappa shape index (κ3) is 3.58. The molecule has 4 heteroatoms. The van der Waals surface area contributed by atoms with Gasteiger partial charge in [-0.05, 0) is 25.7 Å². The summed E-state index contributed by atoms with van der Waals surface area (Å²) < 4.78 is 4.80. The second-order valence-electron chi connectivity index (χ2n) is 2.77. The molecule has 0 aromatic carbocycles. The van der Waals surface area contributed by atoms with E-state index in [0.29, 0.717) is 12.5 Å². The van der Waals surface area contributed by atoms with Gasteiger partial charge in [-0.25, -0.2) is 0 Å². The van der Waals surface area contributed by atoms with Crippen molar-refractivity contribution >= 4 is 18.9 Å². The smallest absolute Gasteiger partial charge is 0.293 e. The van der Waals surface area contributed by atoms with Gasteiger partial charge >= 0.3 is 0 Å². The van der Waals surface area contributed by atoms with Crippen molar-refractivity contribution in [2.45, 2.75) is 37.8 Å². The first-order valence-electron chi connectivity index (χ1n) is 3.67. The molecule has 0 bridgehead atoms. The summed E-state index contributed by atoms with van der Waals surface area (Å²) in [6.45, 7) is 0.529. The Hall–Kier alpha value is -0.280. The minimum Gasteiger partial charge on any atom is -0.465 e. The van der Waals surface area contributed by atoms with Crippen LogP contribution in [0, 0.1) is 0 Å². The molecular weight excluding hydrogens is 166 g/mol. The number of carbonyl (C=O) groups is 1. The molecule has 1 aliphatic carbocycles. The Balaban J connectivity index is 0.000001000. The standard InChI is InChI=1S/C7H13NO2.ClH/c8-6-1-3-7(4-2-6)10-5-9;/h5-7H,1-4,8H2;1H/t6-,7+;. The largest absolute Gasteiger partial charge is 0.465 e. The van der Waals surface area contributed by atoms with Gasteiger partial charge in [0, 0.05) is 6.04 Å². The Bertz CT molecular complexity index is 113. The van der Waals surface area contributed by atoms with E-state index in [-0.39, 0.29) is 18.5 Å². The van der Waals surface area contributed by atoms with Gasteiger partial charge in [-0.2, -0.15) is 0 Å². The molecule has 0 atom stereocenters. The van der Waals surface area contributed by atoms with Crippen LogP contribution in [-0.2, 0) is 9.53 Å². The number of nitrogens with two attached hydrogens (primary N) is 1. The highest BCUT2D eigenvalue weighted by atomic mass is 35.5. The first kappa shape index (κ1) is 10.7. The van der Waals surface area contributed by atoms with E-state index in [1.165, 1.54) is 0 Å². The molecule has 1 aliphatic rings. The van der Waals surface area contributed by atoms with Crippen LogP contribution >= 0.6 is 12.4 Å². The summed E-state index contributed by atoms with van der Waals surface area (Å²) in [5.41, 5.74) is 5.65. The van der Waals surface area contributed by atoms with Gasteiger partial charge in [-0.3, -0.25) is 4.79 Å². The molecule has 11 heavy (non-hydrogen) atoms. The number of rotatable bonds is 2. The van der Waals surface area contributed by atoms with Gasteiger partial charge in [0.15, 0.2) is 0 Å². The fourth-order valence-electron chi connectivity index (χ4n) is 1.30. The average molecular weight is 180 g/mol. The van der Waals surface area contributed by atoms with E-state index in [0.717, 1.165) is 25.7 Å². The maximum Gasteiger partial charge on any atom is 0.293 e. The summed E-state index contributed by atoms with van der Waals surface area (Å²) in [5.74, 6) is 0. The van der Waals surface area contributed by atoms with E-state index in [2.05, 4.69) is 0 Å². The number of hydrogen-bond acceptors (Lipinski definition) is 3. The monoisotopic (exact) mass is 179 g/mol. The third-order valence-corrected chi connectivity index (χ3v) is 1.97. The number of hydrogen-bond donors (Lipinski definition) is 1. The Morgan fingerprint density at radius 2 is 1.82 bits per heavy atom. The van der Waals surface area contributed by atoms with Crippen LogP contribution in [0.4, 0.5) is 0 Å². The van der Waals surface area contributed by atoms with Crippen molar-refractivity contribution in [1.29, 1.82) is 0 Å². The van der Waals surface area contributed by atoms with E-state index >= 15 is 0 Å². The molecule has 0 aromatic rings. The number of carbonyl (C=O) groups excluding carboxylic acids is 1. The van der Waals surface area contributed by atoms with E-state index in [9.17, 15) is 4.79 Å². The Morgan fingerprint density at radius 1 is 1.27 bits per heavy atom. The Labute approximate surface area is 72.7 Å². The summed E-state index contributed by atoms with van der Waals surface area (Å²) in [6.07, 6.45) is 3.97. The fourth-order valence-corrected chi connectivity index (χ4v) is 1.30. The van der Waals surface area contributed by atoms with E-state index in [4.69, 9.17) is 10.5 Å². The first-order chi connectivity index (χ1) is 4.83. The summed E-state index contributed by atoms with van der Waals surface area (Å²) in [5, 5.41) is 0. The molecule has 2 N–H and O–H groups in total. The normalized spacial score (nSPS) is 30.3. The molecule has 0 aromatic heterocycles. The van der Waals surface area contributed by atoms with Gasteiger partial charge in [-0.15, -0.1) is 12.4 Å². The van der Waals surface area contributed by atoms with E-state index in [1.54, 1.807) is 0 Å². The highest BCUT2D eigenvalue weighted by molar-refractivity contribution is 5.85. The number of halogens is 1. The average Bonchev–Trinajstić information content (AvgIpc) is 1.95. The minimum absolute atomic E-state index is 0. The summed E-state index contributed by atoms with van der Waals surface area (Å²) in [7, 11) is 0. The van der Waals surface area contributed by atoms with Crippen LogP contribution in [0.25, 0.3) is 0 Å². The molecule has 0 unspecified atom stereocenters. The van der Waals surface area contributed by atoms with Gasteiger partial charge in [0.05, 0.1) is 0 Å². The van der Waals surface area contributed by atoms with Gasteiger partial charge in [0.2, 0.25) is 0 Å². The zero-order valence-corrected chi connectivity index (χ0v) is 7.18. The summed E-state index contributed by atoms with van der Waals surface area (Å²) >= 11 is 0. The molecule has 0 saturated heterocycles. The van der Waals surface area contributed by atoms with Crippen molar-refractivity contribution in [3.05, 3.63) is 0 Å². The zero-order valence-electron chi connectivity index (χ0n) is 6.36. The lowest BCUT2D eigenvalue weighted by molar-refractivity contribution is -0.135. The SMILES string of the molecule is Cl.N[C@H]1CC[C@@H](OC=O)CC1. The Kier molecular flexibility index (Phi) is 5.24. The van der Waals surface area contributed by atoms with Gasteiger partial charge in [0.1, 0.15) is 6.10 Å². The van der Waals surface area contributed by atoms with E-state index < -0.39 is 0 Å². The molecule has 0 aliphatic heterocycles. The molecule has 0 spiro atoms. The van der Waals surface area contributed by atoms with Crippen LogP contribution in [0.1, 0.15) is 25.7 Å². The van der Waals surface area contributed by atoms with Crippen LogP contribution < -0.4 is 5.73 Å².